The average molecular weight is 288 g/mol. The maximum atomic E-state index is 12.0. The Hall–Kier alpha value is -1.94. The SMILES string of the molecule is O=C(N[C@H]1CC[C@H]1c1ccc(Cl)cc1)c1ncccn1. The lowest BCUT2D eigenvalue weighted by atomic mass is 9.75. The fourth-order valence-corrected chi connectivity index (χ4v) is 2.56. The van der Waals surface area contributed by atoms with E-state index in [0.29, 0.717) is 5.92 Å². The molecule has 1 aliphatic rings. The van der Waals surface area contributed by atoms with E-state index in [4.69, 9.17) is 11.6 Å². The predicted molar refractivity (Wildman–Crippen MR) is 76.7 cm³/mol. The van der Waals surface area contributed by atoms with Crippen LogP contribution in [-0.4, -0.2) is 21.9 Å². The molecule has 20 heavy (non-hydrogen) atoms. The monoisotopic (exact) mass is 287 g/mol. The molecule has 1 N–H and O–H groups in total. The van der Waals surface area contributed by atoms with Gasteiger partial charge in [0, 0.05) is 29.4 Å². The van der Waals surface area contributed by atoms with Crippen LogP contribution in [0.5, 0.6) is 0 Å². The molecule has 0 aliphatic heterocycles. The first-order chi connectivity index (χ1) is 9.74. The lowest BCUT2D eigenvalue weighted by Crippen LogP contribution is -2.45. The minimum Gasteiger partial charge on any atom is -0.346 e. The molecule has 0 spiro atoms. The van der Waals surface area contributed by atoms with Crippen LogP contribution in [0.4, 0.5) is 0 Å². The Kier molecular flexibility index (Phi) is 3.65. The third kappa shape index (κ3) is 2.65. The van der Waals surface area contributed by atoms with E-state index in [1.54, 1.807) is 18.5 Å². The van der Waals surface area contributed by atoms with Crippen LogP contribution in [-0.2, 0) is 0 Å². The number of benzene rings is 1. The van der Waals surface area contributed by atoms with Crippen LogP contribution < -0.4 is 5.32 Å². The zero-order chi connectivity index (χ0) is 13.9. The minimum absolute atomic E-state index is 0.146. The van der Waals surface area contributed by atoms with Gasteiger partial charge in [-0.1, -0.05) is 23.7 Å². The van der Waals surface area contributed by atoms with Gasteiger partial charge in [-0.2, -0.15) is 0 Å². The van der Waals surface area contributed by atoms with Crippen molar-refractivity contribution < 1.29 is 4.79 Å². The van der Waals surface area contributed by atoms with Crippen molar-refractivity contribution in [2.75, 3.05) is 0 Å². The molecule has 0 radical (unpaired) electrons. The molecule has 0 saturated heterocycles. The van der Waals surface area contributed by atoms with Crippen LogP contribution in [0.1, 0.15) is 34.9 Å². The van der Waals surface area contributed by atoms with E-state index in [-0.39, 0.29) is 17.8 Å². The second-order valence-electron chi connectivity index (χ2n) is 4.89. The largest absolute Gasteiger partial charge is 0.346 e. The van der Waals surface area contributed by atoms with Gasteiger partial charge in [-0.15, -0.1) is 0 Å². The summed E-state index contributed by atoms with van der Waals surface area (Å²) in [5.41, 5.74) is 1.21. The molecule has 1 amide bonds. The van der Waals surface area contributed by atoms with E-state index < -0.39 is 0 Å². The van der Waals surface area contributed by atoms with Gasteiger partial charge in [-0.25, -0.2) is 9.97 Å². The van der Waals surface area contributed by atoms with Crippen LogP contribution >= 0.6 is 11.6 Å². The van der Waals surface area contributed by atoms with Crippen LogP contribution in [0.2, 0.25) is 5.02 Å². The lowest BCUT2D eigenvalue weighted by Gasteiger charge is -2.37. The molecule has 1 fully saturated rings. The highest BCUT2D eigenvalue weighted by Gasteiger charge is 2.33. The first kappa shape index (κ1) is 13.1. The molecular formula is C15H14ClN3O. The van der Waals surface area contributed by atoms with Gasteiger partial charge in [0.25, 0.3) is 5.91 Å². The molecule has 2 aromatic rings. The summed E-state index contributed by atoms with van der Waals surface area (Å²) in [7, 11) is 0. The van der Waals surface area contributed by atoms with Gasteiger partial charge in [-0.3, -0.25) is 4.79 Å². The van der Waals surface area contributed by atoms with Gasteiger partial charge < -0.3 is 5.32 Å². The summed E-state index contributed by atoms with van der Waals surface area (Å²) in [6, 6.07) is 9.64. The number of rotatable bonds is 3. The highest BCUT2D eigenvalue weighted by Crippen LogP contribution is 2.37. The van der Waals surface area contributed by atoms with E-state index in [9.17, 15) is 4.79 Å². The molecule has 1 aromatic carbocycles. The summed E-state index contributed by atoms with van der Waals surface area (Å²) >= 11 is 5.89. The molecule has 4 nitrogen and oxygen atoms in total. The van der Waals surface area contributed by atoms with Gasteiger partial charge in [0.05, 0.1) is 0 Å². The van der Waals surface area contributed by atoms with Crippen molar-refractivity contribution in [1.82, 2.24) is 15.3 Å². The molecule has 0 bridgehead atoms. The van der Waals surface area contributed by atoms with Crippen molar-refractivity contribution in [3.05, 3.63) is 59.1 Å². The Labute approximate surface area is 122 Å². The number of carbonyl (C=O) groups excluding carboxylic acids is 1. The quantitative estimate of drug-likeness (QED) is 0.944. The van der Waals surface area contributed by atoms with Crippen molar-refractivity contribution in [2.24, 2.45) is 0 Å². The number of nitrogens with one attached hydrogen (secondary N) is 1. The number of nitrogens with zero attached hydrogens (tertiary/aromatic N) is 2. The second-order valence-corrected chi connectivity index (χ2v) is 5.32. The molecule has 0 unspecified atom stereocenters. The maximum absolute atomic E-state index is 12.0. The van der Waals surface area contributed by atoms with E-state index in [2.05, 4.69) is 15.3 Å². The average Bonchev–Trinajstić information content (AvgIpc) is 2.46. The molecule has 1 aliphatic carbocycles. The molecule has 5 heteroatoms. The number of amides is 1. The Morgan fingerprint density at radius 3 is 2.45 bits per heavy atom. The number of hydrogen-bond donors (Lipinski definition) is 1. The fraction of sp³-hybridized carbons (Fsp3) is 0.267. The van der Waals surface area contributed by atoms with E-state index in [1.807, 2.05) is 24.3 Å². The predicted octanol–water partition coefficient (Wildman–Crippen LogP) is 2.81. The molecule has 1 saturated carbocycles. The smallest absolute Gasteiger partial charge is 0.289 e. The standard InChI is InChI=1S/C15H14ClN3O/c16-11-4-2-10(3-5-11)12-6-7-13(12)19-15(20)14-17-8-1-9-18-14/h1-5,8-9,12-13H,6-7H2,(H,19,20)/t12-,13-/m0/s1. The summed E-state index contributed by atoms with van der Waals surface area (Å²) in [5, 5.41) is 3.73. The highest BCUT2D eigenvalue weighted by molar-refractivity contribution is 6.30. The number of hydrogen-bond acceptors (Lipinski definition) is 3. The van der Waals surface area contributed by atoms with E-state index in [1.165, 1.54) is 5.56 Å². The molecular weight excluding hydrogens is 274 g/mol. The van der Waals surface area contributed by atoms with Crippen LogP contribution in [0.25, 0.3) is 0 Å². The van der Waals surface area contributed by atoms with Gasteiger partial charge >= 0.3 is 0 Å². The summed E-state index contributed by atoms with van der Waals surface area (Å²) in [6.45, 7) is 0. The van der Waals surface area contributed by atoms with Crippen LogP contribution in [0, 0.1) is 0 Å². The molecule has 2 atom stereocenters. The van der Waals surface area contributed by atoms with E-state index in [0.717, 1.165) is 17.9 Å². The topological polar surface area (TPSA) is 54.9 Å². The lowest BCUT2D eigenvalue weighted by molar-refractivity contribution is 0.0894. The summed E-state index contributed by atoms with van der Waals surface area (Å²) < 4.78 is 0. The Morgan fingerprint density at radius 1 is 1.15 bits per heavy atom. The first-order valence-electron chi connectivity index (χ1n) is 6.57. The van der Waals surface area contributed by atoms with Crippen molar-refractivity contribution in [3.63, 3.8) is 0 Å². The Morgan fingerprint density at radius 2 is 1.85 bits per heavy atom. The van der Waals surface area contributed by atoms with Crippen molar-refractivity contribution >= 4 is 17.5 Å². The maximum Gasteiger partial charge on any atom is 0.289 e. The van der Waals surface area contributed by atoms with Gasteiger partial charge in [-0.05, 0) is 36.6 Å². The zero-order valence-electron chi connectivity index (χ0n) is 10.8. The highest BCUT2D eigenvalue weighted by atomic mass is 35.5. The minimum atomic E-state index is -0.214. The molecule has 102 valence electrons. The summed E-state index contributed by atoms with van der Waals surface area (Å²) in [6.07, 6.45) is 5.19. The molecule has 1 heterocycles. The third-order valence-electron chi connectivity index (χ3n) is 3.66. The number of halogens is 1. The fourth-order valence-electron chi connectivity index (χ4n) is 2.43. The van der Waals surface area contributed by atoms with Crippen molar-refractivity contribution in [2.45, 2.75) is 24.8 Å². The van der Waals surface area contributed by atoms with Crippen LogP contribution in [0.15, 0.2) is 42.7 Å². The van der Waals surface area contributed by atoms with E-state index >= 15 is 0 Å². The number of carbonyl (C=O) groups is 1. The van der Waals surface area contributed by atoms with Crippen LogP contribution in [0.3, 0.4) is 0 Å². The first-order valence-corrected chi connectivity index (χ1v) is 6.95. The zero-order valence-corrected chi connectivity index (χ0v) is 11.5. The summed E-state index contributed by atoms with van der Waals surface area (Å²) in [4.78, 5) is 19.9. The van der Waals surface area contributed by atoms with Gasteiger partial charge in [0.15, 0.2) is 0 Å². The molecule has 3 rings (SSSR count). The molecule has 1 aromatic heterocycles. The second kappa shape index (κ2) is 5.59. The normalized spacial score (nSPS) is 21.1. The third-order valence-corrected chi connectivity index (χ3v) is 3.91. The van der Waals surface area contributed by atoms with Crippen molar-refractivity contribution in [1.29, 1.82) is 0 Å². The van der Waals surface area contributed by atoms with Gasteiger partial charge in [0.2, 0.25) is 5.82 Å². The Balaban J connectivity index is 1.67. The summed E-state index contributed by atoms with van der Waals surface area (Å²) in [5.74, 6) is 0.350. The van der Waals surface area contributed by atoms with Gasteiger partial charge in [0.1, 0.15) is 0 Å². The number of aromatic nitrogens is 2. The van der Waals surface area contributed by atoms with Crippen molar-refractivity contribution in [3.8, 4) is 0 Å². The Bertz CT molecular complexity index is 600.